The lowest BCUT2D eigenvalue weighted by Crippen LogP contribution is -2.52. The van der Waals surface area contributed by atoms with Crippen molar-refractivity contribution in [2.75, 3.05) is 18.6 Å². The molecule has 2 amide bonds. The number of esters is 1. The smallest absolute Gasteiger partial charge is 0.330 e. The van der Waals surface area contributed by atoms with E-state index in [4.69, 9.17) is 0 Å². The van der Waals surface area contributed by atoms with Crippen LogP contribution in [0.25, 0.3) is 0 Å². The predicted octanol–water partition coefficient (Wildman–Crippen LogP) is 1.87. The van der Waals surface area contributed by atoms with Gasteiger partial charge >= 0.3 is 5.97 Å². The Labute approximate surface area is 143 Å². The Hall–Kier alpha value is -1.89. The third kappa shape index (κ3) is 3.72. The molecule has 0 radical (unpaired) electrons. The lowest BCUT2D eigenvalue weighted by molar-refractivity contribution is -0.149. The van der Waals surface area contributed by atoms with E-state index in [0.29, 0.717) is 0 Å². The number of methoxy groups -OCH3 is 1. The second-order valence-electron chi connectivity index (χ2n) is 5.96. The number of hydrogen-bond acceptors (Lipinski definition) is 4. The molecule has 1 N–H and O–H groups in total. The molecule has 0 bridgehead atoms. The van der Waals surface area contributed by atoms with E-state index >= 15 is 0 Å². The molecule has 23 heavy (non-hydrogen) atoms. The van der Waals surface area contributed by atoms with E-state index in [2.05, 4.69) is 26.0 Å². The molecule has 1 heterocycles. The quantitative estimate of drug-likeness (QED) is 0.806. The van der Waals surface area contributed by atoms with E-state index < -0.39 is 17.4 Å². The van der Waals surface area contributed by atoms with Crippen LogP contribution in [-0.2, 0) is 19.1 Å². The Morgan fingerprint density at radius 2 is 2.00 bits per heavy atom. The van der Waals surface area contributed by atoms with Crippen LogP contribution in [0.1, 0.15) is 20.3 Å². The average molecular weight is 383 g/mol. The number of para-hydroxylation sites is 1. The van der Waals surface area contributed by atoms with Crippen molar-refractivity contribution < 1.29 is 19.1 Å². The van der Waals surface area contributed by atoms with Crippen LogP contribution in [0, 0.1) is 5.92 Å². The minimum absolute atomic E-state index is 0.115. The number of rotatable bonds is 4. The van der Waals surface area contributed by atoms with E-state index in [1.807, 2.05) is 24.3 Å². The molecule has 0 spiro atoms. The van der Waals surface area contributed by atoms with Crippen molar-refractivity contribution in [1.82, 2.24) is 5.32 Å². The standard InChI is InChI=1S/C16H19BrN2O4/c1-16(2,15(22)23-3)18-14(21)10-8-13(20)19(9-10)12-7-5-4-6-11(12)17/h4-7,10H,8-9H2,1-3H3,(H,18,21). The van der Waals surface area contributed by atoms with Crippen molar-refractivity contribution in [1.29, 1.82) is 0 Å². The van der Waals surface area contributed by atoms with Gasteiger partial charge in [-0.2, -0.15) is 0 Å². The molecule has 0 aromatic heterocycles. The molecule has 0 saturated carbocycles. The fourth-order valence-corrected chi connectivity index (χ4v) is 3.00. The summed E-state index contributed by atoms with van der Waals surface area (Å²) < 4.78 is 5.46. The summed E-state index contributed by atoms with van der Waals surface area (Å²) in [6, 6.07) is 7.36. The van der Waals surface area contributed by atoms with Gasteiger partial charge in [-0.3, -0.25) is 9.59 Å². The number of hydrogen-bond donors (Lipinski definition) is 1. The molecular formula is C16H19BrN2O4. The molecule has 1 atom stereocenters. The van der Waals surface area contributed by atoms with Crippen LogP contribution in [0.4, 0.5) is 5.69 Å². The number of carbonyl (C=O) groups excluding carboxylic acids is 3. The maximum Gasteiger partial charge on any atom is 0.330 e. The summed E-state index contributed by atoms with van der Waals surface area (Å²) in [5, 5.41) is 2.65. The van der Waals surface area contributed by atoms with Crippen molar-refractivity contribution in [3.63, 3.8) is 0 Å². The first-order chi connectivity index (χ1) is 10.8. The summed E-state index contributed by atoms with van der Waals surface area (Å²) >= 11 is 3.41. The minimum atomic E-state index is -1.13. The van der Waals surface area contributed by atoms with Crippen molar-refractivity contribution in [2.24, 2.45) is 5.92 Å². The third-order valence-corrected chi connectivity index (χ3v) is 4.44. The number of halogens is 1. The number of nitrogens with one attached hydrogen (secondary N) is 1. The number of benzene rings is 1. The van der Waals surface area contributed by atoms with E-state index in [1.54, 1.807) is 18.7 Å². The highest BCUT2D eigenvalue weighted by Crippen LogP contribution is 2.31. The van der Waals surface area contributed by atoms with Gasteiger partial charge in [0.1, 0.15) is 5.54 Å². The number of carbonyl (C=O) groups is 3. The summed E-state index contributed by atoms with van der Waals surface area (Å²) in [6.45, 7) is 3.42. The SMILES string of the molecule is COC(=O)C(C)(C)NC(=O)C1CC(=O)N(c2ccccc2Br)C1. The second-order valence-corrected chi connectivity index (χ2v) is 6.82. The number of amides is 2. The van der Waals surface area contributed by atoms with Crippen molar-refractivity contribution in [3.05, 3.63) is 28.7 Å². The van der Waals surface area contributed by atoms with Gasteiger partial charge in [0.2, 0.25) is 11.8 Å². The Morgan fingerprint density at radius 3 is 2.61 bits per heavy atom. The molecule has 1 aromatic carbocycles. The van der Waals surface area contributed by atoms with Gasteiger partial charge in [-0.05, 0) is 41.9 Å². The third-order valence-electron chi connectivity index (χ3n) is 3.77. The van der Waals surface area contributed by atoms with E-state index in [-0.39, 0.29) is 24.8 Å². The maximum atomic E-state index is 12.4. The summed E-state index contributed by atoms with van der Waals surface area (Å²) in [6.07, 6.45) is 0.115. The van der Waals surface area contributed by atoms with E-state index in [1.165, 1.54) is 7.11 Å². The topological polar surface area (TPSA) is 75.7 Å². The largest absolute Gasteiger partial charge is 0.467 e. The van der Waals surface area contributed by atoms with Crippen LogP contribution >= 0.6 is 15.9 Å². The molecule has 124 valence electrons. The molecule has 1 fully saturated rings. The first-order valence-electron chi connectivity index (χ1n) is 7.21. The van der Waals surface area contributed by atoms with Crippen LogP contribution < -0.4 is 10.2 Å². The molecule has 1 unspecified atom stereocenters. The fraction of sp³-hybridized carbons (Fsp3) is 0.438. The molecule has 1 aliphatic heterocycles. The van der Waals surface area contributed by atoms with Gasteiger partial charge in [-0.15, -0.1) is 0 Å². The summed E-state index contributed by atoms with van der Waals surface area (Å²) in [5.74, 6) is -1.48. The highest BCUT2D eigenvalue weighted by Gasteiger charge is 2.39. The Morgan fingerprint density at radius 1 is 1.35 bits per heavy atom. The second kappa shape index (κ2) is 6.70. The fourth-order valence-electron chi connectivity index (χ4n) is 2.50. The molecule has 1 aromatic rings. The van der Waals surface area contributed by atoms with Crippen LogP contribution in [0.2, 0.25) is 0 Å². The van der Waals surface area contributed by atoms with Gasteiger partial charge in [-0.1, -0.05) is 12.1 Å². The highest BCUT2D eigenvalue weighted by molar-refractivity contribution is 9.10. The van der Waals surface area contributed by atoms with E-state index in [0.717, 1.165) is 10.2 Å². The van der Waals surface area contributed by atoms with Gasteiger partial charge < -0.3 is 15.0 Å². The average Bonchev–Trinajstić information content (AvgIpc) is 2.88. The normalized spacial score (nSPS) is 18.0. The van der Waals surface area contributed by atoms with Crippen LogP contribution in [0.3, 0.4) is 0 Å². The molecule has 1 aliphatic rings. The lowest BCUT2D eigenvalue weighted by Gasteiger charge is -2.25. The predicted molar refractivity (Wildman–Crippen MR) is 88.8 cm³/mol. The van der Waals surface area contributed by atoms with Gasteiger partial charge in [-0.25, -0.2) is 4.79 Å². The Kier molecular flexibility index (Phi) is 5.09. The number of ether oxygens (including phenoxy) is 1. The molecule has 2 rings (SSSR count). The Bertz CT molecular complexity index is 645. The lowest BCUT2D eigenvalue weighted by atomic mass is 10.0. The van der Waals surface area contributed by atoms with Gasteiger partial charge in [0.15, 0.2) is 0 Å². The zero-order valence-corrected chi connectivity index (χ0v) is 14.8. The maximum absolute atomic E-state index is 12.4. The summed E-state index contributed by atoms with van der Waals surface area (Å²) in [7, 11) is 1.27. The van der Waals surface area contributed by atoms with Crippen LogP contribution in [0.15, 0.2) is 28.7 Å². The van der Waals surface area contributed by atoms with Crippen molar-refractivity contribution in [2.45, 2.75) is 25.8 Å². The van der Waals surface area contributed by atoms with Crippen molar-refractivity contribution in [3.8, 4) is 0 Å². The van der Waals surface area contributed by atoms with E-state index in [9.17, 15) is 14.4 Å². The zero-order valence-electron chi connectivity index (χ0n) is 13.3. The zero-order chi connectivity index (χ0) is 17.2. The molecule has 6 nitrogen and oxygen atoms in total. The number of nitrogens with zero attached hydrogens (tertiary/aromatic N) is 1. The Balaban J connectivity index is 2.09. The minimum Gasteiger partial charge on any atom is -0.467 e. The molecular weight excluding hydrogens is 364 g/mol. The highest BCUT2D eigenvalue weighted by atomic mass is 79.9. The van der Waals surface area contributed by atoms with Gasteiger partial charge in [0.25, 0.3) is 0 Å². The van der Waals surface area contributed by atoms with Crippen LogP contribution in [0.5, 0.6) is 0 Å². The monoisotopic (exact) mass is 382 g/mol. The summed E-state index contributed by atoms with van der Waals surface area (Å²) in [5.41, 5.74) is -0.393. The molecule has 1 saturated heterocycles. The van der Waals surface area contributed by atoms with Crippen LogP contribution in [-0.4, -0.2) is 37.0 Å². The first-order valence-corrected chi connectivity index (χ1v) is 8.01. The molecule has 0 aliphatic carbocycles. The van der Waals surface area contributed by atoms with Crippen molar-refractivity contribution >= 4 is 39.4 Å². The summed E-state index contributed by atoms with van der Waals surface area (Å²) in [4.78, 5) is 37.9. The molecule has 7 heteroatoms. The van der Waals surface area contributed by atoms with Gasteiger partial charge in [0, 0.05) is 17.4 Å². The first kappa shape index (κ1) is 17.5. The number of anilines is 1. The van der Waals surface area contributed by atoms with Gasteiger partial charge in [0.05, 0.1) is 18.7 Å².